The third-order valence-corrected chi connectivity index (χ3v) is 14.5. The lowest BCUT2D eigenvalue weighted by Gasteiger charge is -2.39. The van der Waals surface area contributed by atoms with Crippen LogP contribution < -0.4 is 20.0 Å². The number of ether oxygens (including phenoxy) is 1. The molecule has 344 valence electrons. The van der Waals surface area contributed by atoms with E-state index in [-0.39, 0.29) is 35.7 Å². The van der Waals surface area contributed by atoms with Crippen LogP contribution in [0.5, 0.6) is 5.88 Å². The summed E-state index contributed by atoms with van der Waals surface area (Å²) in [6.07, 6.45) is 18.4. The number of likely N-dealkylation sites (tertiary alicyclic amines) is 2. The van der Waals surface area contributed by atoms with Gasteiger partial charge in [0.15, 0.2) is 22.7 Å². The lowest BCUT2D eigenvalue weighted by Crippen LogP contribution is -2.54. The zero-order valence-corrected chi connectivity index (χ0v) is 39.2. The Morgan fingerprint density at radius 2 is 1.33 bits per heavy atom. The third kappa shape index (κ3) is 10.6. The standard InChI is InChI=1S/C49H75N11O3/c1-7-39(8-2)63-43-22-20-40-44(48(61)50-37-23-27-57(28-24-37)32-35-15-11-9-12-16-35)54-60(47(40)52-43)59(38-25-29-58(30-26-38)33-36-17-13-10-14-18-36)49(62)45-41-19-21-42(55(5)31-34(3)4)51-46(41)56(6)53-45/h19-22,34-39H,7-18,23-33H2,1-6H3,(H,50,61). The molecule has 1 N–H and O–H groups in total. The fourth-order valence-corrected chi connectivity index (χ4v) is 11.0. The lowest BCUT2D eigenvalue weighted by atomic mass is 9.88. The number of anilines is 1. The van der Waals surface area contributed by atoms with Crippen LogP contribution in [0.3, 0.4) is 0 Å². The van der Waals surface area contributed by atoms with Crippen LogP contribution in [-0.4, -0.2) is 122 Å². The second-order valence-electron chi connectivity index (χ2n) is 19.8. The van der Waals surface area contributed by atoms with Crippen molar-refractivity contribution in [2.24, 2.45) is 24.8 Å². The summed E-state index contributed by atoms with van der Waals surface area (Å²) >= 11 is 0. The summed E-state index contributed by atoms with van der Waals surface area (Å²) in [5.74, 6) is 2.77. The van der Waals surface area contributed by atoms with E-state index in [1.165, 1.54) is 70.8 Å². The maximum Gasteiger partial charge on any atom is 0.295 e. The van der Waals surface area contributed by atoms with Gasteiger partial charge in [0.1, 0.15) is 5.82 Å². The van der Waals surface area contributed by atoms with Crippen molar-refractivity contribution in [1.82, 2.24) is 44.8 Å². The van der Waals surface area contributed by atoms with Gasteiger partial charge in [-0.15, -0.1) is 9.89 Å². The molecule has 4 fully saturated rings. The Kier molecular flexibility index (Phi) is 14.9. The Labute approximate surface area is 375 Å². The Hall–Kier alpha value is -4.30. The van der Waals surface area contributed by atoms with Crippen LogP contribution in [0.1, 0.15) is 151 Å². The largest absolute Gasteiger partial charge is 0.474 e. The summed E-state index contributed by atoms with van der Waals surface area (Å²) in [6.45, 7) is 15.5. The molecule has 14 nitrogen and oxygen atoms in total. The molecule has 2 saturated carbocycles. The van der Waals surface area contributed by atoms with Gasteiger partial charge in [0.05, 0.1) is 22.9 Å². The molecule has 2 aliphatic carbocycles. The molecule has 14 heteroatoms. The Balaban J connectivity index is 1.13. The van der Waals surface area contributed by atoms with Gasteiger partial charge < -0.3 is 24.8 Å². The first-order chi connectivity index (χ1) is 30.6. The number of fused-ring (bicyclic) bond motifs is 2. The van der Waals surface area contributed by atoms with Crippen molar-refractivity contribution in [3.8, 4) is 5.88 Å². The number of amides is 2. The molecular formula is C49H75N11O3. The average molecular weight is 866 g/mol. The number of carbonyl (C=O) groups is 2. The van der Waals surface area contributed by atoms with E-state index >= 15 is 4.79 Å². The number of hydrogen-bond acceptors (Lipinski definition) is 10. The van der Waals surface area contributed by atoms with E-state index in [1.54, 1.807) is 14.5 Å². The zero-order valence-electron chi connectivity index (χ0n) is 39.2. The number of aromatic nitrogens is 6. The van der Waals surface area contributed by atoms with Gasteiger partial charge in [0.25, 0.3) is 11.8 Å². The summed E-state index contributed by atoms with van der Waals surface area (Å²) in [7, 11) is 3.90. The van der Waals surface area contributed by atoms with Crippen molar-refractivity contribution in [2.45, 2.75) is 149 Å². The van der Waals surface area contributed by atoms with Crippen LogP contribution in [-0.2, 0) is 7.05 Å². The van der Waals surface area contributed by atoms with Crippen molar-refractivity contribution in [3.63, 3.8) is 0 Å². The number of piperidine rings is 2. The maximum absolute atomic E-state index is 15.5. The molecule has 0 spiro atoms. The van der Waals surface area contributed by atoms with Gasteiger partial charge in [0, 0.05) is 72.0 Å². The first-order valence-corrected chi connectivity index (χ1v) is 24.8. The fraction of sp³-hybridized carbons (Fsp3) is 0.714. The highest BCUT2D eigenvalue weighted by Gasteiger charge is 2.37. The van der Waals surface area contributed by atoms with Gasteiger partial charge in [-0.25, -0.2) is 14.7 Å². The smallest absolute Gasteiger partial charge is 0.295 e. The van der Waals surface area contributed by atoms with Crippen molar-refractivity contribution < 1.29 is 14.3 Å². The van der Waals surface area contributed by atoms with Gasteiger partial charge in [-0.2, -0.15) is 10.1 Å². The number of nitrogens with zero attached hydrogens (tertiary/aromatic N) is 10. The topological polar surface area (TPSA) is 130 Å². The van der Waals surface area contributed by atoms with Crippen LogP contribution in [0, 0.1) is 17.8 Å². The molecule has 2 saturated heterocycles. The number of rotatable bonds is 16. The maximum atomic E-state index is 15.5. The van der Waals surface area contributed by atoms with Gasteiger partial charge in [-0.05, 0) is 100 Å². The minimum Gasteiger partial charge on any atom is -0.474 e. The van der Waals surface area contributed by atoms with Crippen molar-refractivity contribution >= 4 is 39.7 Å². The van der Waals surface area contributed by atoms with Crippen LogP contribution in [0.15, 0.2) is 24.3 Å². The van der Waals surface area contributed by atoms with Crippen LogP contribution >= 0.6 is 0 Å². The second-order valence-corrected chi connectivity index (χ2v) is 19.8. The van der Waals surface area contributed by atoms with E-state index in [9.17, 15) is 4.79 Å². The van der Waals surface area contributed by atoms with E-state index in [0.717, 1.165) is 95.4 Å². The quantitative estimate of drug-likeness (QED) is 0.118. The summed E-state index contributed by atoms with van der Waals surface area (Å²) in [5.41, 5.74) is 1.65. The molecule has 6 heterocycles. The minimum atomic E-state index is -0.286. The Bertz CT molecular complexity index is 2130. The van der Waals surface area contributed by atoms with E-state index in [0.29, 0.717) is 39.6 Å². The summed E-state index contributed by atoms with van der Waals surface area (Å²) in [4.78, 5) is 49.0. The average Bonchev–Trinajstić information content (AvgIpc) is 3.84. The third-order valence-electron chi connectivity index (χ3n) is 14.5. The van der Waals surface area contributed by atoms with E-state index in [1.807, 2.05) is 38.4 Å². The van der Waals surface area contributed by atoms with E-state index < -0.39 is 0 Å². The SMILES string of the molecule is CCC(CC)Oc1ccc2c(C(=O)NC3CCN(CC4CCCCC4)CC3)nn(N(C(=O)c3nn(C)c4nc(N(C)CC(C)C)ccc34)C3CCN(CC4CCCCC4)CC3)c2n1. The predicted molar refractivity (Wildman–Crippen MR) is 251 cm³/mol. The molecule has 4 aromatic heterocycles. The molecule has 0 bridgehead atoms. The van der Waals surface area contributed by atoms with Gasteiger partial charge >= 0.3 is 0 Å². The van der Waals surface area contributed by atoms with E-state index in [2.05, 4.69) is 47.7 Å². The summed E-state index contributed by atoms with van der Waals surface area (Å²) in [6, 6.07) is 7.53. The fourth-order valence-electron chi connectivity index (χ4n) is 11.0. The number of nitrogens with one attached hydrogen (secondary N) is 1. The lowest BCUT2D eigenvalue weighted by molar-refractivity contribution is 0.0877. The number of aryl methyl sites for hydroxylation is 1. The van der Waals surface area contributed by atoms with Crippen molar-refractivity contribution in [1.29, 1.82) is 0 Å². The minimum absolute atomic E-state index is 0.0128. The highest BCUT2D eigenvalue weighted by Crippen LogP contribution is 2.31. The van der Waals surface area contributed by atoms with Crippen molar-refractivity contribution in [2.75, 3.05) is 62.8 Å². The highest BCUT2D eigenvalue weighted by atomic mass is 16.5. The molecule has 63 heavy (non-hydrogen) atoms. The summed E-state index contributed by atoms with van der Waals surface area (Å²) in [5, 5.41) is 16.4. The second kappa shape index (κ2) is 20.7. The Morgan fingerprint density at radius 3 is 1.94 bits per heavy atom. The molecule has 4 aliphatic rings. The van der Waals surface area contributed by atoms with Gasteiger partial charge in [-0.3, -0.25) is 9.59 Å². The first-order valence-electron chi connectivity index (χ1n) is 24.8. The molecule has 0 atom stereocenters. The first kappa shape index (κ1) is 45.3. The molecule has 0 unspecified atom stereocenters. The Morgan fingerprint density at radius 1 is 0.746 bits per heavy atom. The highest BCUT2D eigenvalue weighted by molar-refractivity contribution is 6.10. The zero-order chi connectivity index (χ0) is 44.0. The van der Waals surface area contributed by atoms with Crippen LogP contribution in [0.25, 0.3) is 22.1 Å². The summed E-state index contributed by atoms with van der Waals surface area (Å²) < 4.78 is 8.12. The predicted octanol–water partition coefficient (Wildman–Crippen LogP) is 7.97. The molecule has 8 rings (SSSR count). The number of carbonyl (C=O) groups excluding carboxylic acids is 2. The van der Waals surface area contributed by atoms with Crippen LogP contribution in [0.2, 0.25) is 0 Å². The normalized spacial score (nSPS) is 19.4. The number of pyridine rings is 2. The van der Waals surface area contributed by atoms with Crippen LogP contribution in [0.4, 0.5) is 5.82 Å². The monoisotopic (exact) mass is 866 g/mol. The molecule has 4 aromatic rings. The molecule has 0 radical (unpaired) electrons. The van der Waals surface area contributed by atoms with E-state index in [4.69, 9.17) is 24.9 Å². The van der Waals surface area contributed by atoms with Gasteiger partial charge in [-0.1, -0.05) is 66.2 Å². The number of hydrogen-bond donors (Lipinski definition) is 1. The molecular weight excluding hydrogens is 791 g/mol. The van der Waals surface area contributed by atoms with Crippen molar-refractivity contribution in [3.05, 3.63) is 35.7 Å². The van der Waals surface area contributed by atoms with Gasteiger partial charge in [0.2, 0.25) is 5.88 Å². The molecule has 0 aromatic carbocycles. The molecule has 2 amide bonds. The molecule has 2 aliphatic heterocycles.